The average Bonchev–Trinajstić information content (AvgIpc) is 2.83. The van der Waals surface area contributed by atoms with E-state index >= 15 is 0 Å². The van der Waals surface area contributed by atoms with Crippen molar-refractivity contribution in [2.75, 3.05) is 49.3 Å². The number of hydrogen-bond donors (Lipinski definition) is 7. The minimum atomic E-state index is -1.08. The first-order chi connectivity index (χ1) is 14.8. The Balaban J connectivity index is -0.00000000452. The van der Waals surface area contributed by atoms with Crippen LogP contribution in [0.25, 0.3) is 0 Å². The maximum absolute atomic E-state index is 9.71. The summed E-state index contributed by atoms with van der Waals surface area (Å²) in [6.07, 6.45) is 0. The Labute approximate surface area is 423 Å². The quantitative estimate of drug-likeness (QED) is 0.110. The molecule has 0 aliphatic carbocycles. The van der Waals surface area contributed by atoms with Gasteiger partial charge in [0.25, 0.3) is 0 Å². The molecule has 44 heavy (non-hydrogen) atoms. The van der Waals surface area contributed by atoms with Gasteiger partial charge in [0, 0.05) is 239 Å². The van der Waals surface area contributed by atoms with Crippen LogP contribution in [-0.4, -0.2) is 116 Å². The minimum absolute atomic E-state index is 0. The molecule has 0 bridgehead atoms. The molecular formula is C23H59NO14Y6-12. The number of rotatable bonds is 2. The van der Waals surface area contributed by atoms with Gasteiger partial charge in [-0.15, -0.1) is 6.07 Å². The number of nitrogens with zero attached hydrogens (tertiary/aromatic N) is 1. The summed E-state index contributed by atoms with van der Waals surface area (Å²) in [6.45, 7) is 14.9. The van der Waals surface area contributed by atoms with Crippen LogP contribution < -0.4 is 0 Å². The van der Waals surface area contributed by atoms with Crippen LogP contribution in [0.5, 0.6) is 0 Å². The van der Waals surface area contributed by atoms with Gasteiger partial charge < -0.3 is 112 Å². The zero-order chi connectivity index (χ0) is 28.7. The van der Waals surface area contributed by atoms with Crippen molar-refractivity contribution in [2.45, 2.75) is 6.92 Å². The number of ether oxygens (including phenoxy) is 2. The summed E-state index contributed by atoms with van der Waals surface area (Å²) in [6, 6.07) is 1.50. The third-order valence-electron chi connectivity index (χ3n) is 0.389. The van der Waals surface area contributed by atoms with Crippen molar-refractivity contribution in [3.63, 3.8) is 0 Å². The molecule has 0 aliphatic rings. The van der Waals surface area contributed by atoms with Gasteiger partial charge in [-0.2, -0.15) is 0 Å². The third-order valence-corrected chi connectivity index (χ3v) is 0.389. The fourth-order valence-electron chi connectivity index (χ4n) is 0.161. The second-order valence-corrected chi connectivity index (χ2v) is 1.64. The van der Waals surface area contributed by atoms with Gasteiger partial charge in [-0.3, -0.25) is 30.2 Å². The molecular weight excluding hydrogens is 1050 g/mol. The largest absolute Gasteiger partial charge is 0.655 e. The first-order valence-electron chi connectivity index (χ1n) is 6.72. The molecule has 270 valence electrons. The summed E-state index contributed by atoms with van der Waals surface area (Å²) in [5.41, 5.74) is 0. The summed E-state index contributed by atoms with van der Waals surface area (Å²) in [4.78, 5) is 35.2. The molecule has 0 spiro atoms. The number of aliphatic hydroxyl groups excluding tert-OH is 6. The number of nitriles is 1. The van der Waals surface area contributed by atoms with Gasteiger partial charge in [0.1, 0.15) is 0 Å². The number of esters is 1. The van der Waals surface area contributed by atoms with E-state index < -0.39 is 11.9 Å². The van der Waals surface area contributed by atoms with Crippen molar-refractivity contribution in [1.29, 1.82) is 5.26 Å². The summed E-state index contributed by atoms with van der Waals surface area (Å²) < 4.78 is 8.03. The first-order valence-corrected chi connectivity index (χ1v) is 6.72. The summed E-state index contributed by atoms with van der Waals surface area (Å²) in [5, 5.41) is 56.3. The van der Waals surface area contributed by atoms with E-state index in [1.807, 2.05) is 0 Å². The summed E-state index contributed by atoms with van der Waals surface area (Å²) in [7, 11) is 8.51. The number of aliphatic hydroxyl groups is 6. The zero-order valence-corrected chi connectivity index (χ0v) is 46.1. The Bertz CT molecular complexity index is 276. The molecule has 15 nitrogen and oxygen atoms in total. The topological polar surface area (TPSA) is 284 Å². The smallest absolute Gasteiger partial charge is 0.164 e. The number of methoxy groups -OCH3 is 1. The molecule has 0 aromatic carbocycles. The number of carboxylic acid groups (broad SMARTS) is 1. The van der Waals surface area contributed by atoms with Gasteiger partial charge in [-0.1, -0.05) is 6.47 Å². The second kappa shape index (κ2) is 457. The maximum Gasteiger partial charge on any atom is 0.164 e. The number of carbonyl (C=O) groups is 2. The molecule has 0 aliphatic heterocycles. The number of carboxylic acids is 1. The van der Waals surface area contributed by atoms with Crippen LogP contribution in [0.4, 0.5) is 0 Å². The van der Waals surface area contributed by atoms with Crippen LogP contribution in [0.3, 0.4) is 0 Å². The van der Waals surface area contributed by atoms with Crippen molar-refractivity contribution >= 4 is 25.2 Å². The van der Waals surface area contributed by atoms with Crippen LogP contribution in [0.15, 0.2) is 0 Å². The minimum Gasteiger partial charge on any atom is -0.655 e. The average molecular weight is 1110 g/mol. The van der Waals surface area contributed by atoms with Crippen LogP contribution in [0.1, 0.15) is 6.92 Å². The van der Waals surface area contributed by atoms with Gasteiger partial charge in [-0.25, -0.2) is 12.4 Å². The predicted molar refractivity (Wildman–Crippen MR) is 156 cm³/mol. The van der Waals surface area contributed by atoms with Crippen LogP contribution in [0, 0.1) is 83.8 Å². The zero-order valence-electron chi connectivity index (χ0n) is 29.1. The molecule has 0 fully saturated rings. The molecule has 0 heterocycles. The molecule has 0 amide bonds. The predicted octanol–water partition coefficient (Wildman–Crippen LogP) is 0.114. The first kappa shape index (κ1) is 186. The molecule has 9 N–H and O–H groups in total. The Morgan fingerprint density at radius 2 is 0.818 bits per heavy atom. The van der Waals surface area contributed by atoms with E-state index in [2.05, 4.69) is 44.1 Å². The van der Waals surface area contributed by atoms with E-state index in [9.17, 15) is 4.79 Å². The molecule has 0 saturated carbocycles. The molecule has 0 unspecified atom stereocenters. The summed E-state index contributed by atoms with van der Waals surface area (Å²) >= 11 is 0. The van der Waals surface area contributed by atoms with E-state index in [4.69, 9.17) is 55.4 Å². The van der Waals surface area contributed by atoms with Gasteiger partial charge in [0.15, 0.2) is 11.9 Å². The molecule has 0 atom stereocenters. The van der Waals surface area contributed by atoms with E-state index in [0.717, 1.165) is 35.5 Å². The SMILES string of the molecule is CO.CO.CO.CO.CO.CO[C-]=O.O.[CH-]=O.[CH2-]C#N.[CH2-]C(=O)O.[CH2-]C(=O)OCC.[CH2-]O.[CH3-].[CH3-].[CH3-].[CH3-].[CH3-].[CH3-].[Y].[Y].[Y].[Y].[Y].[Y]. The van der Waals surface area contributed by atoms with E-state index in [-0.39, 0.29) is 246 Å². The van der Waals surface area contributed by atoms with E-state index in [0.29, 0.717) is 6.61 Å². The number of hydrogen-bond acceptors (Lipinski definition) is 13. The Morgan fingerprint density at radius 3 is 0.818 bits per heavy atom. The second-order valence-electron chi connectivity index (χ2n) is 1.64. The van der Waals surface area contributed by atoms with Crippen molar-refractivity contribution in [3.05, 3.63) is 72.4 Å². The van der Waals surface area contributed by atoms with Crippen molar-refractivity contribution in [3.8, 4) is 6.07 Å². The standard InChI is InChI=1S/C4H7O2.C2H2N.2C2H3O2.5CH4O.CH3O.CHO.6CH3.H2O.6Y/c1-3-6-4(2)5;1-2-3;1-4-2-3;1-2(3)4;7*1-2;;;;;;;;;;;;;/h2-3H2,1H3;1H2;1H3;1H2,(H,3,4);5*2H,1H3;2H,1H2;1H;6*1H3;1H2;;;;;;/q4*-1;;;;;;8*-1;;;;;;;. The van der Waals surface area contributed by atoms with Crippen molar-refractivity contribution < 1.29 is 266 Å². The molecule has 21 heteroatoms. The molecule has 6 radical (unpaired) electrons. The normalized spacial score (nSPS) is 3.11. The molecule has 0 rings (SSSR count). The summed E-state index contributed by atoms with van der Waals surface area (Å²) in [5.74, 6) is -1.54. The molecule has 0 aromatic rings. The molecule has 0 saturated heterocycles. The van der Waals surface area contributed by atoms with E-state index in [1.165, 1.54) is 19.7 Å². The van der Waals surface area contributed by atoms with Crippen molar-refractivity contribution in [1.82, 2.24) is 0 Å². The fraction of sp³-hybridized carbons (Fsp3) is 0.348. The van der Waals surface area contributed by atoms with Gasteiger partial charge in [0.05, 0.1) is 6.61 Å². The Kier molecular flexibility index (Phi) is 1930. The van der Waals surface area contributed by atoms with Crippen LogP contribution in [-0.2, 0) is 225 Å². The van der Waals surface area contributed by atoms with E-state index in [1.54, 1.807) is 6.92 Å². The third kappa shape index (κ3) is 1590. The molecule has 0 aromatic heterocycles. The Morgan fingerprint density at radius 1 is 0.727 bits per heavy atom. The van der Waals surface area contributed by atoms with Crippen LogP contribution >= 0.6 is 0 Å². The number of aliphatic carboxylic acids is 1. The van der Waals surface area contributed by atoms with Crippen molar-refractivity contribution in [2.24, 2.45) is 0 Å². The fourth-order valence-corrected chi connectivity index (χ4v) is 0.161. The monoisotopic (exact) mass is 1110 g/mol. The van der Waals surface area contributed by atoms with Gasteiger partial charge in [0.2, 0.25) is 0 Å². The number of carbonyl (C=O) groups excluding carboxylic acids is 3. The van der Waals surface area contributed by atoms with Gasteiger partial charge in [-0.05, 0) is 6.92 Å². The maximum atomic E-state index is 9.71. The Hall–Kier alpha value is 3.52. The van der Waals surface area contributed by atoms with Crippen LogP contribution in [0.2, 0.25) is 0 Å². The van der Waals surface area contributed by atoms with Gasteiger partial charge >= 0.3 is 0 Å².